The second kappa shape index (κ2) is 10.6. The molecule has 0 bridgehead atoms. The fourth-order valence-electron chi connectivity index (χ4n) is 5.16. The van der Waals surface area contributed by atoms with Crippen LogP contribution in [0.15, 0.2) is 53.3 Å². The highest BCUT2D eigenvalue weighted by Gasteiger charge is 2.35. The molecule has 0 amide bonds. The monoisotopic (exact) mass is 530 g/mol. The third kappa shape index (κ3) is 5.14. The van der Waals surface area contributed by atoms with Crippen molar-refractivity contribution in [2.75, 3.05) is 31.1 Å². The summed E-state index contributed by atoms with van der Waals surface area (Å²) in [5, 5.41) is 24.9. The summed E-state index contributed by atoms with van der Waals surface area (Å²) < 4.78 is 1.85. The number of nitro groups is 1. The molecule has 0 spiro atoms. The molecule has 1 atom stereocenters. The van der Waals surface area contributed by atoms with Crippen LogP contribution < -0.4 is 10.5 Å². The Morgan fingerprint density at radius 1 is 1.05 bits per heavy atom. The number of hydrogen-bond donors (Lipinski definition) is 1. The first-order valence-corrected chi connectivity index (χ1v) is 13.4. The number of hydrogen-bond acceptors (Lipinski definition) is 8. The van der Waals surface area contributed by atoms with Gasteiger partial charge in [0.15, 0.2) is 5.82 Å². The molecule has 11 heteroatoms. The molecule has 1 saturated heterocycles. The molecular formula is C28H34N8O3. The zero-order valence-electron chi connectivity index (χ0n) is 22.8. The van der Waals surface area contributed by atoms with Gasteiger partial charge in [0.1, 0.15) is 6.04 Å². The van der Waals surface area contributed by atoms with E-state index in [1.807, 2.05) is 22.9 Å². The highest BCUT2D eigenvalue weighted by molar-refractivity contribution is 5.80. The number of aromatic nitrogens is 5. The molecule has 1 fully saturated rings. The molecule has 1 aliphatic heterocycles. The van der Waals surface area contributed by atoms with E-state index in [9.17, 15) is 14.9 Å². The lowest BCUT2D eigenvalue weighted by atomic mass is 9.98. The Kier molecular flexibility index (Phi) is 7.17. The molecular weight excluding hydrogens is 496 g/mol. The van der Waals surface area contributed by atoms with Crippen molar-refractivity contribution >= 4 is 22.3 Å². The predicted molar refractivity (Wildman–Crippen MR) is 150 cm³/mol. The zero-order chi connectivity index (χ0) is 27.7. The van der Waals surface area contributed by atoms with E-state index in [0.29, 0.717) is 37.6 Å². The zero-order valence-corrected chi connectivity index (χ0v) is 22.8. The van der Waals surface area contributed by atoms with Crippen LogP contribution in [0.1, 0.15) is 57.1 Å². The standard InChI is InChI=1S/C28H34N8O3/c1-5-19-7-12-24-20(17-19)18-23(27(37)29-24)25(26-30-31-32-35(26)28(3,4)6-2)34-15-13-33(14-16-34)21-8-10-22(11-9-21)36(38)39/h7-12,17-18,25H,5-6,13-16H2,1-4H3,(H,29,37). The molecule has 1 N–H and O–H groups in total. The van der Waals surface area contributed by atoms with Crippen LogP contribution in [-0.2, 0) is 12.0 Å². The summed E-state index contributed by atoms with van der Waals surface area (Å²) in [5.41, 5.74) is 3.13. The van der Waals surface area contributed by atoms with Crippen molar-refractivity contribution in [3.05, 3.63) is 86.0 Å². The Labute approximate surface area is 226 Å². The Bertz CT molecular complexity index is 1530. The number of nitro benzene ring substituents is 1. The Morgan fingerprint density at radius 3 is 2.41 bits per heavy atom. The summed E-state index contributed by atoms with van der Waals surface area (Å²) >= 11 is 0. The van der Waals surface area contributed by atoms with Gasteiger partial charge in [0.25, 0.3) is 11.2 Å². The molecule has 0 radical (unpaired) electrons. The van der Waals surface area contributed by atoms with Crippen LogP contribution in [-0.4, -0.2) is 61.2 Å². The SMILES string of the molecule is CCc1ccc2[nH]c(=O)c(C(c3nnnn3C(C)(C)CC)N3CCN(c4ccc([N+](=O)[O-])cc4)CC3)cc2c1. The molecule has 2 aromatic carbocycles. The Morgan fingerprint density at radius 2 is 1.77 bits per heavy atom. The summed E-state index contributed by atoms with van der Waals surface area (Å²) in [6.45, 7) is 11.1. The molecule has 3 heterocycles. The molecule has 204 valence electrons. The first kappa shape index (κ1) is 26.5. The Balaban J connectivity index is 1.53. The minimum Gasteiger partial charge on any atom is -0.369 e. The number of piperazine rings is 1. The predicted octanol–water partition coefficient (Wildman–Crippen LogP) is 4.04. The molecule has 39 heavy (non-hydrogen) atoms. The second-order valence-electron chi connectivity index (χ2n) is 10.6. The number of fused-ring (bicyclic) bond motifs is 1. The van der Waals surface area contributed by atoms with E-state index in [1.165, 1.54) is 17.7 Å². The number of aryl methyl sites for hydroxylation is 1. The van der Waals surface area contributed by atoms with Gasteiger partial charge in [-0.05, 0) is 78.4 Å². The largest absolute Gasteiger partial charge is 0.369 e. The molecule has 2 aromatic heterocycles. The molecule has 0 saturated carbocycles. The third-order valence-corrected chi connectivity index (χ3v) is 7.92. The van der Waals surface area contributed by atoms with E-state index in [4.69, 9.17) is 0 Å². The van der Waals surface area contributed by atoms with Gasteiger partial charge in [-0.3, -0.25) is 19.8 Å². The number of aromatic amines is 1. The van der Waals surface area contributed by atoms with E-state index in [2.05, 4.69) is 64.1 Å². The number of nitrogens with zero attached hydrogens (tertiary/aromatic N) is 7. The van der Waals surface area contributed by atoms with Gasteiger partial charge in [-0.1, -0.05) is 19.9 Å². The van der Waals surface area contributed by atoms with Crippen LogP contribution in [0.2, 0.25) is 0 Å². The number of benzene rings is 2. The normalized spacial score (nSPS) is 15.5. The summed E-state index contributed by atoms with van der Waals surface area (Å²) in [6.07, 6.45) is 1.72. The van der Waals surface area contributed by atoms with E-state index in [-0.39, 0.29) is 16.8 Å². The van der Waals surface area contributed by atoms with Crippen molar-refractivity contribution < 1.29 is 4.92 Å². The van der Waals surface area contributed by atoms with Crippen LogP contribution in [0.3, 0.4) is 0 Å². The molecule has 11 nitrogen and oxygen atoms in total. The van der Waals surface area contributed by atoms with Crippen molar-refractivity contribution in [1.29, 1.82) is 0 Å². The smallest absolute Gasteiger partial charge is 0.269 e. The summed E-state index contributed by atoms with van der Waals surface area (Å²) in [5.74, 6) is 0.641. The number of H-pyrrole nitrogens is 1. The molecule has 4 aromatic rings. The first-order chi connectivity index (χ1) is 18.7. The van der Waals surface area contributed by atoms with Crippen LogP contribution in [0, 0.1) is 10.1 Å². The van der Waals surface area contributed by atoms with Crippen LogP contribution in [0.4, 0.5) is 11.4 Å². The number of non-ortho nitro benzene ring substituents is 1. The van der Waals surface area contributed by atoms with Crippen molar-refractivity contribution in [1.82, 2.24) is 30.1 Å². The van der Waals surface area contributed by atoms with Gasteiger partial charge in [0.05, 0.1) is 10.5 Å². The molecule has 1 aliphatic rings. The van der Waals surface area contributed by atoms with Gasteiger partial charge in [-0.15, -0.1) is 5.10 Å². The van der Waals surface area contributed by atoms with Gasteiger partial charge in [0.2, 0.25) is 0 Å². The maximum Gasteiger partial charge on any atom is 0.269 e. The van der Waals surface area contributed by atoms with Crippen LogP contribution in [0.5, 0.6) is 0 Å². The summed E-state index contributed by atoms with van der Waals surface area (Å²) in [6, 6.07) is 14.3. The van der Waals surface area contributed by atoms with E-state index in [0.717, 1.165) is 29.4 Å². The van der Waals surface area contributed by atoms with Gasteiger partial charge in [0, 0.05) is 55.1 Å². The maximum absolute atomic E-state index is 13.5. The minimum absolute atomic E-state index is 0.0737. The third-order valence-electron chi connectivity index (χ3n) is 7.92. The fourth-order valence-corrected chi connectivity index (χ4v) is 5.16. The van der Waals surface area contributed by atoms with Gasteiger partial charge in [-0.2, -0.15) is 0 Å². The number of rotatable bonds is 8. The molecule has 1 unspecified atom stereocenters. The Hall–Kier alpha value is -4.12. The van der Waals surface area contributed by atoms with Crippen LogP contribution >= 0.6 is 0 Å². The maximum atomic E-state index is 13.5. The lowest BCUT2D eigenvalue weighted by molar-refractivity contribution is -0.384. The van der Waals surface area contributed by atoms with E-state index in [1.54, 1.807) is 12.1 Å². The molecule has 0 aliphatic carbocycles. The second-order valence-corrected chi connectivity index (χ2v) is 10.6. The number of anilines is 1. The quantitative estimate of drug-likeness (QED) is 0.267. The number of nitrogens with one attached hydrogen (secondary N) is 1. The lowest BCUT2D eigenvalue weighted by Gasteiger charge is -2.40. The average Bonchev–Trinajstić information content (AvgIpc) is 3.44. The first-order valence-electron chi connectivity index (χ1n) is 13.4. The summed E-state index contributed by atoms with van der Waals surface area (Å²) in [4.78, 5) is 31.8. The van der Waals surface area contributed by atoms with E-state index >= 15 is 0 Å². The topological polar surface area (TPSA) is 126 Å². The van der Waals surface area contributed by atoms with Gasteiger partial charge in [-0.25, -0.2) is 4.68 Å². The summed E-state index contributed by atoms with van der Waals surface area (Å²) in [7, 11) is 0. The lowest BCUT2D eigenvalue weighted by Crippen LogP contribution is -2.49. The fraction of sp³-hybridized carbons (Fsp3) is 0.429. The average molecular weight is 531 g/mol. The van der Waals surface area contributed by atoms with Gasteiger partial charge < -0.3 is 9.88 Å². The highest BCUT2D eigenvalue weighted by atomic mass is 16.6. The van der Waals surface area contributed by atoms with Crippen LogP contribution in [0.25, 0.3) is 10.9 Å². The number of tetrazole rings is 1. The van der Waals surface area contributed by atoms with Crippen molar-refractivity contribution in [2.24, 2.45) is 0 Å². The van der Waals surface area contributed by atoms with Crippen molar-refractivity contribution in [3.63, 3.8) is 0 Å². The molecule has 5 rings (SSSR count). The minimum atomic E-state index is -0.441. The van der Waals surface area contributed by atoms with Crippen molar-refractivity contribution in [2.45, 2.75) is 52.1 Å². The van der Waals surface area contributed by atoms with Crippen molar-refractivity contribution in [3.8, 4) is 0 Å². The number of pyridine rings is 1. The highest BCUT2D eigenvalue weighted by Crippen LogP contribution is 2.32. The van der Waals surface area contributed by atoms with E-state index < -0.39 is 11.0 Å². The van der Waals surface area contributed by atoms with Gasteiger partial charge >= 0.3 is 0 Å².